The molecule has 3 aromatic rings. The van der Waals surface area contributed by atoms with Gasteiger partial charge in [0.25, 0.3) is 0 Å². The van der Waals surface area contributed by atoms with Gasteiger partial charge in [0.1, 0.15) is 18.1 Å². The summed E-state index contributed by atoms with van der Waals surface area (Å²) in [5.74, 6) is 0.757. The van der Waals surface area contributed by atoms with Crippen LogP contribution in [0.2, 0.25) is 0 Å². The van der Waals surface area contributed by atoms with Crippen LogP contribution in [0.5, 0.6) is 5.75 Å². The van der Waals surface area contributed by atoms with E-state index in [1.165, 1.54) is 18.2 Å². The van der Waals surface area contributed by atoms with Crippen LogP contribution < -0.4 is 10.1 Å². The SMILES string of the molecule is CSCc1nc2ccccc2n1CC(=O)NCc1ccccc1OC(F)(F)F. The summed E-state index contributed by atoms with van der Waals surface area (Å²) in [6.45, 7) is -0.0473. The van der Waals surface area contributed by atoms with Crippen molar-refractivity contribution in [2.45, 2.75) is 25.2 Å². The number of benzene rings is 2. The van der Waals surface area contributed by atoms with Crippen LogP contribution in [-0.4, -0.2) is 28.1 Å². The average molecular weight is 409 g/mol. The van der Waals surface area contributed by atoms with E-state index in [0.717, 1.165) is 16.9 Å². The number of nitrogens with zero attached hydrogens (tertiary/aromatic N) is 2. The van der Waals surface area contributed by atoms with Gasteiger partial charge < -0.3 is 14.6 Å². The molecule has 0 bridgehead atoms. The third kappa shape index (κ3) is 4.98. The lowest BCUT2D eigenvalue weighted by Gasteiger charge is -2.14. The molecule has 1 N–H and O–H groups in total. The lowest BCUT2D eigenvalue weighted by atomic mass is 10.2. The Morgan fingerprint density at radius 1 is 1.18 bits per heavy atom. The Kier molecular flexibility index (Phi) is 6.13. The Morgan fingerprint density at radius 2 is 1.89 bits per heavy atom. The number of amides is 1. The fraction of sp³-hybridized carbons (Fsp3) is 0.263. The van der Waals surface area contributed by atoms with Crippen LogP contribution >= 0.6 is 11.8 Å². The third-order valence-corrected chi connectivity index (χ3v) is 4.53. The lowest BCUT2D eigenvalue weighted by Crippen LogP contribution is -2.28. The third-order valence-electron chi connectivity index (χ3n) is 3.98. The normalized spacial score (nSPS) is 11.6. The fourth-order valence-corrected chi connectivity index (χ4v) is 3.29. The average Bonchev–Trinajstić information content (AvgIpc) is 2.97. The molecule has 28 heavy (non-hydrogen) atoms. The summed E-state index contributed by atoms with van der Waals surface area (Å²) < 4.78 is 43.4. The van der Waals surface area contributed by atoms with E-state index in [2.05, 4.69) is 15.0 Å². The maximum absolute atomic E-state index is 12.5. The van der Waals surface area contributed by atoms with Gasteiger partial charge in [-0.2, -0.15) is 11.8 Å². The summed E-state index contributed by atoms with van der Waals surface area (Å²) in [6.07, 6.45) is -2.84. The van der Waals surface area contributed by atoms with Crippen LogP contribution in [0, 0.1) is 0 Å². The molecule has 0 aliphatic carbocycles. The second kappa shape index (κ2) is 8.55. The van der Waals surface area contributed by atoms with Gasteiger partial charge in [-0.1, -0.05) is 30.3 Å². The Bertz CT molecular complexity index is 972. The minimum atomic E-state index is -4.79. The van der Waals surface area contributed by atoms with Crippen molar-refractivity contribution in [1.82, 2.24) is 14.9 Å². The Labute approximate surface area is 163 Å². The first-order chi connectivity index (χ1) is 13.4. The minimum absolute atomic E-state index is 0.0265. The van der Waals surface area contributed by atoms with E-state index in [1.807, 2.05) is 35.1 Å². The zero-order valence-electron chi connectivity index (χ0n) is 15.0. The standard InChI is InChI=1S/C19H18F3N3O2S/c1-28-12-17-24-14-7-3-4-8-15(14)25(17)11-18(26)23-10-13-6-2-5-9-16(13)27-19(20,21)22/h2-9H,10-12H2,1H3,(H,23,26). The Morgan fingerprint density at radius 3 is 2.64 bits per heavy atom. The molecule has 0 aliphatic heterocycles. The second-order valence-electron chi connectivity index (χ2n) is 5.97. The van der Waals surface area contributed by atoms with Crippen molar-refractivity contribution >= 4 is 28.7 Å². The van der Waals surface area contributed by atoms with Gasteiger partial charge in [-0.05, 0) is 24.5 Å². The van der Waals surface area contributed by atoms with Gasteiger partial charge in [-0.15, -0.1) is 13.2 Å². The molecule has 0 fully saturated rings. The fourth-order valence-electron chi connectivity index (χ4n) is 2.81. The number of carbonyl (C=O) groups excluding carboxylic acids is 1. The number of imidazole rings is 1. The van der Waals surface area contributed by atoms with E-state index in [1.54, 1.807) is 17.8 Å². The molecule has 0 saturated carbocycles. The van der Waals surface area contributed by atoms with E-state index >= 15 is 0 Å². The van der Waals surface area contributed by atoms with Gasteiger partial charge in [0, 0.05) is 12.1 Å². The maximum atomic E-state index is 12.5. The largest absolute Gasteiger partial charge is 0.573 e. The second-order valence-corrected chi connectivity index (χ2v) is 6.83. The zero-order chi connectivity index (χ0) is 20.1. The predicted octanol–water partition coefficient (Wildman–Crippen LogP) is 4.11. The molecule has 0 saturated heterocycles. The number of rotatable bonds is 7. The molecule has 3 rings (SSSR count). The smallest absolute Gasteiger partial charge is 0.405 e. The highest BCUT2D eigenvalue weighted by Gasteiger charge is 2.32. The topological polar surface area (TPSA) is 56.2 Å². The molecule has 1 aromatic heterocycles. The first-order valence-electron chi connectivity index (χ1n) is 8.41. The molecule has 1 amide bonds. The van der Waals surface area contributed by atoms with Crippen molar-refractivity contribution in [3.8, 4) is 5.75 Å². The van der Waals surface area contributed by atoms with Crippen LogP contribution in [0.3, 0.4) is 0 Å². The number of alkyl halides is 3. The molecule has 2 aromatic carbocycles. The number of thioether (sulfide) groups is 1. The Balaban J connectivity index is 1.72. The highest BCUT2D eigenvalue weighted by molar-refractivity contribution is 7.97. The van der Waals surface area contributed by atoms with Crippen molar-refractivity contribution < 1.29 is 22.7 Å². The number of carbonyl (C=O) groups is 1. The van der Waals surface area contributed by atoms with Gasteiger partial charge in [0.05, 0.1) is 16.8 Å². The number of para-hydroxylation sites is 3. The van der Waals surface area contributed by atoms with Crippen LogP contribution in [-0.2, 0) is 23.6 Å². The molecule has 0 atom stereocenters. The quantitative estimate of drug-likeness (QED) is 0.638. The predicted molar refractivity (Wildman–Crippen MR) is 102 cm³/mol. The van der Waals surface area contributed by atoms with Gasteiger partial charge in [-0.25, -0.2) is 4.98 Å². The van der Waals surface area contributed by atoms with Crippen LogP contribution in [0.15, 0.2) is 48.5 Å². The molecule has 0 aliphatic rings. The number of hydrogen-bond donors (Lipinski definition) is 1. The van der Waals surface area contributed by atoms with Crippen molar-refractivity contribution in [2.75, 3.05) is 6.26 Å². The van der Waals surface area contributed by atoms with Crippen molar-refractivity contribution in [3.05, 3.63) is 59.9 Å². The summed E-state index contributed by atoms with van der Waals surface area (Å²) in [4.78, 5) is 17.0. The lowest BCUT2D eigenvalue weighted by molar-refractivity contribution is -0.274. The van der Waals surface area contributed by atoms with Crippen molar-refractivity contribution in [3.63, 3.8) is 0 Å². The summed E-state index contributed by atoms with van der Waals surface area (Å²) >= 11 is 1.59. The summed E-state index contributed by atoms with van der Waals surface area (Å²) in [5, 5.41) is 2.66. The number of halogens is 3. The molecule has 1 heterocycles. The van der Waals surface area contributed by atoms with Gasteiger partial charge in [0.2, 0.25) is 5.91 Å². The van der Waals surface area contributed by atoms with Crippen LogP contribution in [0.1, 0.15) is 11.4 Å². The molecule has 0 unspecified atom stereocenters. The number of ether oxygens (including phenoxy) is 1. The molecule has 148 valence electrons. The Hall–Kier alpha value is -2.68. The first kappa shape index (κ1) is 20.1. The van der Waals surface area contributed by atoms with E-state index in [9.17, 15) is 18.0 Å². The van der Waals surface area contributed by atoms with E-state index in [4.69, 9.17) is 0 Å². The van der Waals surface area contributed by atoms with Crippen molar-refractivity contribution in [1.29, 1.82) is 0 Å². The zero-order valence-corrected chi connectivity index (χ0v) is 15.8. The number of nitrogens with one attached hydrogen (secondary N) is 1. The van der Waals surface area contributed by atoms with Gasteiger partial charge >= 0.3 is 6.36 Å². The highest BCUT2D eigenvalue weighted by Crippen LogP contribution is 2.26. The molecule has 0 radical (unpaired) electrons. The molecule has 5 nitrogen and oxygen atoms in total. The monoisotopic (exact) mass is 409 g/mol. The van der Waals surface area contributed by atoms with E-state index in [0.29, 0.717) is 5.75 Å². The number of aromatic nitrogens is 2. The molecular formula is C19H18F3N3O2S. The maximum Gasteiger partial charge on any atom is 0.573 e. The number of fused-ring (bicyclic) bond motifs is 1. The molecule has 9 heteroatoms. The van der Waals surface area contributed by atoms with E-state index < -0.39 is 6.36 Å². The van der Waals surface area contributed by atoms with E-state index in [-0.39, 0.29) is 30.3 Å². The molecular weight excluding hydrogens is 391 g/mol. The molecule has 0 spiro atoms. The summed E-state index contributed by atoms with van der Waals surface area (Å²) in [6, 6.07) is 13.2. The minimum Gasteiger partial charge on any atom is -0.405 e. The number of hydrogen-bond acceptors (Lipinski definition) is 4. The van der Waals surface area contributed by atoms with Gasteiger partial charge in [-0.3, -0.25) is 4.79 Å². The van der Waals surface area contributed by atoms with Crippen LogP contribution in [0.4, 0.5) is 13.2 Å². The summed E-state index contributed by atoms with van der Waals surface area (Å²) in [5.41, 5.74) is 1.87. The summed E-state index contributed by atoms with van der Waals surface area (Å²) in [7, 11) is 0. The highest BCUT2D eigenvalue weighted by atomic mass is 32.2. The first-order valence-corrected chi connectivity index (χ1v) is 9.80. The van der Waals surface area contributed by atoms with Crippen molar-refractivity contribution in [2.24, 2.45) is 0 Å². The van der Waals surface area contributed by atoms with Gasteiger partial charge in [0.15, 0.2) is 0 Å². The van der Waals surface area contributed by atoms with Crippen LogP contribution in [0.25, 0.3) is 11.0 Å².